The first kappa shape index (κ1) is 19.0. The summed E-state index contributed by atoms with van der Waals surface area (Å²) in [6.07, 6.45) is 7.30. The number of rotatable bonds is 7. The largest absolute Gasteiger partial charge is 0.352 e. The first-order valence-corrected chi connectivity index (χ1v) is 8.31. The van der Waals surface area contributed by atoms with Crippen molar-refractivity contribution in [3.05, 3.63) is 35.4 Å². The molecule has 0 spiro atoms. The number of carbonyl (C=O) groups excluding carboxylic acids is 1. The molecular weight excluding hydrogens is 296 g/mol. The molecule has 0 aromatic heterocycles. The minimum absolute atomic E-state index is 0. The predicted molar refractivity (Wildman–Crippen MR) is 94.5 cm³/mol. The molecule has 1 aromatic carbocycles. The lowest BCUT2D eigenvalue weighted by Gasteiger charge is -2.26. The van der Waals surface area contributed by atoms with Crippen LogP contribution < -0.4 is 11.1 Å². The van der Waals surface area contributed by atoms with E-state index in [1.54, 1.807) is 0 Å². The highest BCUT2D eigenvalue weighted by atomic mass is 35.5. The van der Waals surface area contributed by atoms with Gasteiger partial charge < -0.3 is 11.1 Å². The van der Waals surface area contributed by atoms with Crippen LogP contribution in [-0.4, -0.2) is 18.5 Å². The topological polar surface area (TPSA) is 55.1 Å². The van der Waals surface area contributed by atoms with Crippen molar-refractivity contribution in [2.24, 2.45) is 5.73 Å². The minimum atomic E-state index is 0. The van der Waals surface area contributed by atoms with Gasteiger partial charge in [0.05, 0.1) is 0 Å². The molecule has 0 radical (unpaired) electrons. The highest BCUT2D eigenvalue weighted by Crippen LogP contribution is 2.33. The van der Waals surface area contributed by atoms with Crippen LogP contribution in [0.2, 0.25) is 0 Å². The van der Waals surface area contributed by atoms with E-state index in [4.69, 9.17) is 5.73 Å². The smallest absolute Gasteiger partial charge is 0.220 e. The number of aryl methyl sites for hydroxylation is 1. The van der Waals surface area contributed by atoms with Crippen molar-refractivity contribution in [2.45, 2.75) is 63.8 Å². The zero-order valence-corrected chi connectivity index (χ0v) is 14.3. The number of fused-ring (bicyclic) bond motifs is 1. The second kappa shape index (κ2) is 9.86. The van der Waals surface area contributed by atoms with E-state index >= 15 is 0 Å². The van der Waals surface area contributed by atoms with E-state index in [-0.39, 0.29) is 24.4 Å². The Morgan fingerprint density at radius 3 is 2.91 bits per heavy atom. The van der Waals surface area contributed by atoms with Gasteiger partial charge in [0.1, 0.15) is 0 Å². The van der Waals surface area contributed by atoms with Crippen molar-refractivity contribution in [1.82, 2.24) is 5.32 Å². The summed E-state index contributed by atoms with van der Waals surface area (Å²) >= 11 is 0. The van der Waals surface area contributed by atoms with Gasteiger partial charge in [-0.05, 0) is 42.7 Å². The molecule has 124 valence electrons. The van der Waals surface area contributed by atoms with E-state index < -0.39 is 0 Å². The van der Waals surface area contributed by atoms with Crippen LogP contribution in [-0.2, 0) is 11.2 Å². The number of hydrogen-bond donors (Lipinski definition) is 2. The summed E-state index contributed by atoms with van der Waals surface area (Å²) in [5.74, 6) is 0.530. The van der Waals surface area contributed by atoms with Crippen LogP contribution in [0.1, 0.15) is 62.5 Å². The second-order valence-electron chi connectivity index (χ2n) is 6.13. The molecule has 3 nitrogen and oxygen atoms in total. The minimum Gasteiger partial charge on any atom is -0.352 e. The van der Waals surface area contributed by atoms with Crippen molar-refractivity contribution in [1.29, 1.82) is 0 Å². The molecule has 1 aliphatic carbocycles. The van der Waals surface area contributed by atoms with E-state index in [9.17, 15) is 4.79 Å². The Kier molecular flexibility index (Phi) is 8.51. The summed E-state index contributed by atoms with van der Waals surface area (Å²) in [5, 5.41) is 3.12. The van der Waals surface area contributed by atoms with Crippen LogP contribution in [0.15, 0.2) is 24.3 Å². The number of benzene rings is 1. The van der Waals surface area contributed by atoms with Gasteiger partial charge in [-0.15, -0.1) is 12.4 Å². The normalized spacial score (nSPS) is 18.0. The van der Waals surface area contributed by atoms with Crippen molar-refractivity contribution >= 4 is 18.3 Å². The number of nitrogens with two attached hydrogens (primary N) is 1. The van der Waals surface area contributed by atoms with Crippen LogP contribution in [0.4, 0.5) is 0 Å². The molecule has 4 heteroatoms. The van der Waals surface area contributed by atoms with E-state index in [1.807, 2.05) is 0 Å². The average molecular weight is 325 g/mol. The molecule has 0 heterocycles. The van der Waals surface area contributed by atoms with Crippen LogP contribution in [0.5, 0.6) is 0 Å². The summed E-state index contributed by atoms with van der Waals surface area (Å²) in [4.78, 5) is 12.3. The van der Waals surface area contributed by atoms with Crippen molar-refractivity contribution in [2.75, 3.05) is 6.54 Å². The maximum absolute atomic E-state index is 12.3. The van der Waals surface area contributed by atoms with Crippen LogP contribution in [0.25, 0.3) is 0 Å². The first-order chi connectivity index (χ1) is 10.2. The molecule has 0 fully saturated rings. The van der Waals surface area contributed by atoms with E-state index in [0.29, 0.717) is 18.9 Å². The molecule has 3 N–H and O–H groups in total. The summed E-state index contributed by atoms with van der Waals surface area (Å²) < 4.78 is 0. The fraction of sp³-hybridized carbons (Fsp3) is 0.611. The molecule has 0 bridgehead atoms. The first-order valence-electron chi connectivity index (χ1n) is 8.31. The molecule has 2 rings (SSSR count). The molecular formula is C18H29ClN2O. The fourth-order valence-electron chi connectivity index (χ4n) is 3.28. The van der Waals surface area contributed by atoms with Gasteiger partial charge >= 0.3 is 0 Å². The van der Waals surface area contributed by atoms with Gasteiger partial charge in [0.15, 0.2) is 0 Å². The standard InChI is InChI=1S/C18H28N2O.ClH/c1-2-3-10-16(13-19)20-18(21)12-15-9-6-8-14-7-4-5-11-17(14)15;/h4-5,7,11,15-16H,2-3,6,8-10,12-13,19H2,1H3,(H,20,21);1H. The van der Waals surface area contributed by atoms with Gasteiger partial charge in [-0.1, -0.05) is 44.0 Å². The van der Waals surface area contributed by atoms with Gasteiger partial charge in [0, 0.05) is 19.0 Å². The summed E-state index contributed by atoms with van der Waals surface area (Å²) in [5.41, 5.74) is 8.55. The van der Waals surface area contributed by atoms with Gasteiger partial charge in [-0.25, -0.2) is 0 Å². The quantitative estimate of drug-likeness (QED) is 0.805. The number of carbonyl (C=O) groups is 1. The van der Waals surface area contributed by atoms with Crippen LogP contribution in [0, 0.1) is 0 Å². The molecule has 0 aliphatic heterocycles. The number of hydrogen-bond acceptors (Lipinski definition) is 2. The maximum Gasteiger partial charge on any atom is 0.220 e. The van der Waals surface area contributed by atoms with Crippen molar-refractivity contribution in [3.8, 4) is 0 Å². The van der Waals surface area contributed by atoms with E-state index in [2.05, 4.69) is 36.5 Å². The number of nitrogens with one attached hydrogen (secondary N) is 1. The molecule has 1 amide bonds. The number of unbranched alkanes of at least 4 members (excludes halogenated alkanes) is 1. The predicted octanol–water partition coefficient (Wildman–Crippen LogP) is 3.55. The monoisotopic (exact) mass is 324 g/mol. The Morgan fingerprint density at radius 2 is 2.18 bits per heavy atom. The lowest BCUT2D eigenvalue weighted by Crippen LogP contribution is -2.40. The number of amides is 1. The van der Waals surface area contributed by atoms with Crippen molar-refractivity contribution < 1.29 is 4.79 Å². The molecule has 0 saturated carbocycles. The summed E-state index contributed by atoms with van der Waals surface area (Å²) in [7, 11) is 0. The van der Waals surface area contributed by atoms with Gasteiger partial charge in [-0.2, -0.15) is 0 Å². The lowest BCUT2D eigenvalue weighted by atomic mass is 9.81. The third-order valence-corrected chi connectivity index (χ3v) is 4.48. The third kappa shape index (κ3) is 5.29. The van der Waals surface area contributed by atoms with Crippen molar-refractivity contribution in [3.63, 3.8) is 0 Å². The highest BCUT2D eigenvalue weighted by molar-refractivity contribution is 5.85. The van der Waals surface area contributed by atoms with Gasteiger partial charge in [0.25, 0.3) is 0 Å². The zero-order valence-electron chi connectivity index (χ0n) is 13.5. The molecule has 22 heavy (non-hydrogen) atoms. The summed E-state index contributed by atoms with van der Waals surface area (Å²) in [6, 6.07) is 8.69. The average Bonchev–Trinajstić information content (AvgIpc) is 2.51. The van der Waals surface area contributed by atoms with Crippen LogP contribution in [0.3, 0.4) is 0 Å². The Hall–Kier alpha value is -1.06. The van der Waals surface area contributed by atoms with Gasteiger partial charge in [0.2, 0.25) is 5.91 Å². The Balaban J connectivity index is 0.00000242. The third-order valence-electron chi connectivity index (χ3n) is 4.48. The zero-order chi connectivity index (χ0) is 15.1. The molecule has 2 unspecified atom stereocenters. The maximum atomic E-state index is 12.3. The molecule has 0 saturated heterocycles. The Labute approximate surface area is 140 Å². The summed E-state index contributed by atoms with van der Waals surface area (Å²) in [6.45, 7) is 2.70. The fourth-order valence-corrected chi connectivity index (χ4v) is 3.28. The SMILES string of the molecule is CCCCC(CN)NC(=O)CC1CCCc2ccccc21.Cl. The Morgan fingerprint density at radius 1 is 1.41 bits per heavy atom. The number of halogens is 1. The van der Waals surface area contributed by atoms with Crippen LogP contribution >= 0.6 is 12.4 Å². The molecule has 1 aromatic rings. The molecule has 1 aliphatic rings. The van der Waals surface area contributed by atoms with Gasteiger partial charge in [-0.3, -0.25) is 4.79 Å². The second-order valence-corrected chi connectivity index (χ2v) is 6.13. The highest BCUT2D eigenvalue weighted by Gasteiger charge is 2.23. The lowest BCUT2D eigenvalue weighted by molar-refractivity contribution is -0.122. The Bertz CT molecular complexity index is 464. The molecule has 2 atom stereocenters. The van der Waals surface area contributed by atoms with E-state index in [0.717, 1.165) is 32.1 Å². The van der Waals surface area contributed by atoms with E-state index in [1.165, 1.54) is 17.5 Å².